The molecule has 1 unspecified atom stereocenters. The van der Waals surface area contributed by atoms with E-state index in [-0.39, 0.29) is 0 Å². The summed E-state index contributed by atoms with van der Waals surface area (Å²) in [5.74, 6) is 0.725. The Labute approximate surface area is 101 Å². The third-order valence-electron chi connectivity index (χ3n) is 2.68. The molecular formula is C12H21BrN2. The van der Waals surface area contributed by atoms with E-state index in [0.717, 1.165) is 18.9 Å². The maximum Gasteiger partial charge on any atom is 0.0521 e. The van der Waals surface area contributed by atoms with Gasteiger partial charge in [0.05, 0.1) is 6.20 Å². The number of hydrogen-bond donors (Lipinski definition) is 0. The Hall–Kier alpha value is -0.310. The SMILES string of the molecule is CCn1cc(CCCC(Br)C(C)C)cn1. The molecule has 2 nitrogen and oxygen atoms in total. The molecule has 3 heteroatoms. The van der Waals surface area contributed by atoms with Crippen LogP contribution >= 0.6 is 15.9 Å². The van der Waals surface area contributed by atoms with Crippen LogP contribution in [0.15, 0.2) is 12.4 Å². The van der Waals surface area contributed by atoms with Crippen LogP contribution in [0.1, 0.15) is 39.2 Å². The second-order valence-electron chi connectivity index (χ2n) is 4.36. The fourth-order valence-electron chi connectivity index (χ4n) is 1.54. The maximum atomic E-state index is 4.27. The highest BCUT2D eigenvalue weighted by atomic mass is 79.9. The average molecular weight is 273 g/mol. The van der Waals surface area contributed by atoms with E-state index in [1.54, 1.807) is 0 Å². The standard InChI is InChI=1S/C12H21BrN2/c1-4-15-9-11(8-14-15)6-5-7-12(13)10(2)3/h8-10,12H,4-7H2,1-3H3. The van der Waals surface area contributed by atoms with Gasteiger partial charge in [-0.25, -0.2) is 0 Å². The molecule has 1 aromatic rings. The van der Waals surface area contributed by atoms with E-state index in [0.29, 0.717) is 4.83 Å². The van der Waals surface area contributed by atoms with E-state index in [4.69, 9.17) is 0 Å². The molecule has 0 fully saturated rings. The molecule has 0 amide bonds. The molecule has 15 heavy (non-hydrogen) atoms. The summed E-state index contributed by atoms with van der Waals surface area (Å²) in [4.78, 5) is 0.652. The Kier molecular flexibility index (Phi) is 5.37. The van der Waals surface area contributed by atoms with Crippen molar-refractivity contribution in [2.75, 3.05) is 0 Å². The first-order chi connectivity index (χ1) is 7.13. The lowest BCUT2D eigenvalue weighted by Crippen LogP contribution is -2.06. The van der Waals surface area contributed by atoms with Crippen molar-refractivity contribution in [2.45, 2.75) is 51.4 Å². The van der Waals surface area contributed by atoms with E-state index < -0.39 is 0 Å². The minimum atomic E-state index is 0.652. The van der Waals surface area contributed by atoms with Crippen molar-refractivity contribution in [3.8, 4) is 0 Å². The van der Waals surface area contributed by atoms with Crippen LogP contribution < -0.4 is 0 Å². The van der Waals surface area contributed by atoms with E-state index in [1.807, 2.05) is 10.9 Å². The van der Waals surface area contributed by atoms with Gasteiger partial charge in [-0.1, -0.05) is 29.8 Å². The van der Waals surface area contributed by atoms with Gasteiger partial charge in [0, 0.05) is 17.6 Å². The second-order valence-corrected chi connectivity index (χ2v) is 5.53. The van der Waals surface area contributed by atoms with Crippen molar-refractivity contribution in [3.63, 3.8) is 0 Å². The number of rotatable bonds is 6. The number of aromatic nitrogens is 2. The van der Waals surface area contributed by atoms with Gasteiger partial charge in [0.2, 0.25) is 0 Å². The Morgan fingerprint density at radius 3 is 2.73 bits per heavy atom. The van der Waals surface area contributed by atoms with Gasteiger partial charge in [0.25, 0.3) is 0 Å². The number of aryl methyl sites for hydroxylation is 2. The predicted octanol–water partition coefficient (Wildman–Crippen LogP) is 3.65. The quantitative estimate of drug-likeness (QED) is 0.723. The molecule has 0 aromatic carbocycles. The van der Waals surface area contributed by atoms with Crippen LogP contribution in [-0.4, -0.2) is 14.6 Å². The third-order valence-corrected chi connectivity index (χ3v) is 4.19. The molecule has 0 radical (unpaired) electrons. The molecule has 0 aliphatic heterocycles. The molecule has 0 spiro atoms. The van der Waals surface area contributed by atoms with Crippen molar-refractivity contribution in [1.29, 1.82) is 0 Å². The molecule has 0 aliphatic rings. The van der Waals surface area contributed by atoms with Gasteiger partial charge in [-0.15, -0.1) is 0 Å². The normalized spacial score (nSPS) is 13.4. The molecule has 1 heterocycles. The Balaban J connectivity index is 2.25. The van der Waals surface area contributed by atoms with Crippen LogP contribution in [0.2, 0.25) is 0 Å². The topological polar surface area (TPSA) is 17.8 Å². The maximum absolute atomic E-state index is 4.27. The minimum absolute atomic E-state index is 0.652. The van der Waals surface area contributed by atoms with Crippen molar-refractivity contribution < 1.29 is 0 Å². The summed E-state index contributed by atoms with van der Waals surface area (Å²) in [6.07, 6.45) is 7.77. The first kappa shape index (κ1) is 12.8. The molecule has 0 bridgehead atoms. The average Bonchev–Trinajstić information content (AvgIpc) is 2.65. The molecule has 1 aromatic heterocycles. The van der Waals surface area contributed by atoms with Gasteiger partial charge in [-0.2, -0.15) is 5.10 Å². The highest BCUT2D eigenvalue weighted by molar-refractivity contribution is 9.09. The van der Waals surface area contributed by atoms with Gasteiger partial charge in [0.1, 0.15) is 0 Å². The zero-order valence-electron chi connectivity index (χ0n) is 9.91. The van der Waals surface area contributed by atoms with Crippen molar-refractivity contribution in [2.24, 2.45) is 5.92 Å². The zero-order chi connectivity index (χ0) is 11.3. The summed E-state index contributed by atoms with van der Waals surface area (Å²) in [5.41, 5.74) is 1.36. The summed E-state index contributed by atoms with van der Waals surface area (Å²) in [6, 6.07) is 0. The van der Waals surface area contributed by atoms with Crippen LogP contribution in [0.4, 0.5) is 0 Å². The van der Waals surface area contributed by atoms with Crippen LogP contribution in [-0.2, 0) is 13.0 Å². The fourth-order valence-corrected chi connectivity index (χ4v) is 1.87. The van der Waals surface area contributed by atoms with Crippen LogP contribution in [0.5, 0.6) is 0 Å². The van der Waals surface area contributed by atoms with Gasteiger partial charge in [0.15, 0.2) is 0 Å². The Bertz CT molecular complexity index is 281. The van der Waals surface area contributed by atoms with Gasteiger partial charge in [-0.05, 0) is 37.7 Å². The monoisotopic (exact) mass is 272 g/mol. The summed E-state index contributed by atoms with van der Waals surface area (Å²) in [5, 5.41) is 4.27. The summed E-state index contributed by atoms with van der Waals surface area (Å²) >= 11 is 3.71. The van der Waals surface area contributed by atoms with E-state index in [9.17, 15) is 0 Å². The zero-order valence-corrected chi connectivity index (χ0v) is 11.5. The molecule has 86 valence electrons. The smallest absolute Gasteiger partial charge is 0.0521 e. The van der Waals surface area contributed by atoms with Crippen molar-refractivity contribution >= 4 is 15.9 Å². The first-order valence-corrected chi connectivity index (χ1v) is 6.70. The number of nitrogens with zero attached hydrogens (tertiary/aromatic N) is 2. The van der Waals surface area contributed by atoms with Crippen LogP contribution in [0.3, 0.4) is 0 Å². The van der Waals surface area contributed by atoms with E-state index in [2.05, 4.69) is 48.0 Å². The lowest BCUT2D eigenvalue weighted by molar-refractivity contribution is 0.562. The largest absolute Gasteiger partial charge is 0.273 e. The molecule has 1 atom stereocenters. The summed E-state index contributed by atoms with van der Waals surface area (Å²) in [6.45, 7) is 7.60. The van der Waals surface area contributed by atoms with Gasteiger partial charge >= 0.3 is 0 Å². The van der Waals surface area contributed by atoms with E-state index in [1.165, 1.54) is 18.4 Å². The molecule has 0 N–H and O–H groups in total. The van der Waals surface area contributed by atoms with E-state index >= 15 is 0 Å². The number of alkyl halides is 1. The lowest BCUT2D eigenvalue weighted by Gasteiger charge is -2.12. The highest BCUT2D eigenvalue weighted by Gasteiger charge is 2.08. The number of hydrogen-bond acceptors (Lipinski definition) is 1. The predicted molar refractivity (Wildman–Crippen MR) is 68.4 cm³/mol. The van der Waals surface area contributed by atoms with Gasteiger partial charge < -0.3 is 0 Å². The van der Waals surface area contributed by atoms with Crippen LogP contribution in [0, 0.1) is 5.92 Å². The van der Waals surface area contributed by atoms with Crippen LogP contribution in [0.25, 0.3) is 0 Å². The van der Waals surface area contributed by atoms with Gasteiger partial charge in [-0.3, -0.25) is 4.68 Å². The minimum Gasteiger partial charge on any atom is -0.273 e. The summed E-state index contributed by atoms with van der Waals surface area (Å²) < 4.78 is 1.99. The first-order valence-electron chi connectivity index (χ1n) is 5.79. The molecule has 0 aliphatic carbocycles. The number of halogens is 1. The fraction of sp³-hybridized carbons (Fsp3) is 0.750. The molecular weight excluding hydrogens is 252 g/mol. The molecule has 0 saturated heterocycles. The highest BCUT2D eigenvalue weighted by Crippen LogP contribution is 2.18. The van der Waals surface area contributed by atoms with Crippen molar-refractivity contribution in [3.05, 3.63) is 18.0 Å². The second kappa shape index (κ2) is 6.31. The molecule has 0 saturated carbocycles. The summed E-state index contributed by atoms with van der Waals surface area (Å²) in [7, 11) is 0. The lowest BCUT2D eigenvalue weighted by atomic mass is 10.0. The molecule has 1 rings (SSSR count). The Morgan fingerprint density at radius 2 is 2.20 bits per heavy atom. The third kappa shape index (κ3) is 4.37. The van der Waals surface area contributed by atoms with Crippen molar-refractivity contribution in [1.82, 2.24) is 9.78 Å². The Morgan fingerprint density at radius 1 is 1.47 bits per heavy atom.